The van der Waals surface area contributed by atoms with E-state index in [1.807, 2.05) is 25.1 Å². The van der Waals surface area contributed by atoms with E-state index in [1.54, 1.807) is 30.3 Å². The second-order valence-electron chi connectivity index (χ2n) is 6.82. The molecule has 1 N–H and O–H groups in total. The van der Waals surface area contributed by atoms with Crippen LogP contribution in [0.15, 0.2) is 77.7 Å². The van der Waals surface area contributed by atoms with Crippen LogP contribution in [0.3, 0.4) is 0 Å². The molecule has 0 radical (unpaired) electrons. The van der Waals surface area contributed by atoms with Crippen LogP contribution in [0.25, 0.3) is 0 Å². The van der Waals surface area contributed by atoms with Gasteiger partial charge in [0.1, 0.15) is 0 Å². The number of aryl methyl sites for hydroxylation is 1. The zero-order valence-electron chi connectivity index (χ0n) is 17.5. The summed E-state index contributed by atoms with van der Waals surface area (Å²) in [6.45, 7) is 1.72. The molecule has 0 unspecified atom stereocenters. The van der Waals surface area contributed by atoms with Gasteiger partial charge in [-0.05, 0) is 61.0 Å². The van der Waals surface area contributed by atoms with Crippen molar-refractivity contribution in [2.45, 2.75) is 11.8 Å². The first-order valence-electron chi connectivity index (χ1n) is 9.52. The Morgan fingerprint density at radius 1 is 0.968 bits per heavy atom. The zero-order valence-corrected chi connectivity index (χ0v) is 18.3. The molecular weight excluding hydrogens is 416 g/mol. The van der Waals surface area contributed by atoms with Gasteiger partial charge < -0.3 is 14.8 Å². The van der Waals surface area contributed by atoms with Gasteiger partial charge in [0, 0.05) is 12.7 Å². The highest BCUT2D eigenvalue weighted by Gasteiger charge is 2.21. The number of hydrogen-bond donors (Lipinski definition) is 1. The summed E-state index contributed by atoms with van der Waals surface area (Å²) in [6, 6.07) is 20.2. The molecule has 1 amide bonds. The van der Waals surface area contributed by atoms with Crippen molar-refractivity contribution in [1.82, 2.24) is 0 Å². The van der Waals surface area contributed by atoms with E-state index in [-0.39, 0.29) is 17.4 Å². The van der Waals surface area contributed by atoms with Gasteiger partial charge in [-0.25, -0.2) is 8.42 Å². The number of carbonyl (C=O) groups is 1. The SMILES string of the molecule is COc1cc(C)ccc1OCC(=O)Nc1ccc(S(=O)(=O)N(C)c2ccccc2)cc1. The predicted molar refractivity (Wildman–Crippen MR) is 120 cm³/mol. The van der Waals surface area contributed by atoms with E-state index in [0.29, 0.717) is 22.9 Å². The van der Waals surface area contributed by atoms with Crippen molar-refractivity contribution in [3.8, 4) is 11.5 Å². The van der Waals surface area contributed by atoms with Gasteiger partial charge in [-0.3, -0.25) is 9.10 Å². The number of rotatable bonds is 8. The molecule has 3 aromatic rings. The smallest absolute Gasteiger partial charge is 0.264 e. The zero-order chi connectivity index (χ0) is 22.4. The van der Waals surface area contributed by atoms with Gasteiger partial charge in [0.15, 0.2) is 18.1 Å². The van der Waals surface area contributed by atoms with Crippen molar-refractivity contribution in [2.24, 2.45) is 0 Å². The minimum absolute atomic E-state index is 0.123. The van der Waals surface area contributed by atoms with Crippen LogP contribution in [0.2, 0.25) is 0 Å². The molecule has 3 aromatic carbocycles. The monoisotopic (exact) mass is 440 g/mol. The molecule has 0 aliphatic rings. The summed E-state index contributed by atoms with van der Waals surface area (Å²) in [4.78, 5) is 12.3. The predicted octanol–water partition coefficient (Wildman–Crippen LogP) is 3.85. The number of benzene rings is 3. The van der Waals surface area contributed by atoms with Crippen LogP contribution in [0, 0.1) is 6.92 Å². The molecule has 0 fully saturated rings. The number of nitrogens with zero attached hydrogens (tertiary/aromatic N) is 1. The van der Waals surface area contributed by atoms with Crippen LogP contribution in [0.5, 0.6) is 11.5 Å². The second kappa shape index (κ2) is 9.53. The maximum Gasteiger partial charge on any atom is 0.264 e. The quantitative estimate of drug-likeness (QED) is 0.575. The summed E-state index contributed by atoms with van der Waals surface area (Å²) in [6.07, 6.45) is 0. The Bertz CT molecular complexity index is 1150. The highest BCUT2D eigenvalue weighted by Crippen LogP contribution is 2.28. The third kappa shape index (κ3) is 5.35. The lowest BCUT2D eigenvalue weighted by molar-refractivity contribution is -0.118. The van der Waals surface area contributed by atoms with Crippen LogP contribution >= 0.6 is 0 Å². The van der Waals surface area contributed by atoms with Crippen molar-refractivity contribution < 1.29 is 22.7 Å². The fraction of sp³-hybridized carbons (Fsp3) is 0.174. The normalized spacial score (nSPS) is 10.9. The molecule has 0 atom stereocenters. The summed E-state index contributed by atoms with van der Waals surface area (Å²) in [5.41, 5.74) is 2.04. The largest absolute Gasteiger partial charge is 0.493 e. The number of ether oxygens (including phenoxy) is 2. The number of anilines is 2. The summed E-state index contributed by atoms with van der Waals surface area (Å²) in [7, 11) is -0.681. The first kappa shape index (κ1) is 22.2. The van der Waals surface area contributed by atoms with Crippen molar-refractivity contribution >= 4 is 27.3 Å². The fourth-order valence-corrected chi connectivity index (χ4v) is 4.07. The van der Waals surface area contributed by atoms with Gasteiger partial charge in [0.2, 0.25) is 0 Å². The summed E-state index contributed by atoms with van der Waals surface area (Å²) < 4.78 is 37.6. The van der Waals surface area contributed by atoms with Crippen LogP contribution in [0.1, 0.15) is 5.56 Å². The Kier molecular flexibility index (Phi) is 6.81. The average molecular weight is 441 g/mol. The number of methoxy groups -OCH3 is 1. The van der Waals surface area contributed by atoms with Gasteiger partial charge in [-0.1, -0.05) is 24.3 Å². The average Bonchev–Trinajstić information content (AvgIpc) is 2.78. The Balaban J connectivity index is 1.63. The molecule has 0 saturated heterocycles. The minimum Gasteiger partial charge on any atom is -0.493 e. The van der Waals surface area contributed by atoms with Crippen molar-refractivity contribution in [3.05, 3.63) is 78.4 Å². The summed E-state index contributed by atoms with van der Waals surface area (Å²) in [5.74, 6) is 0.637. The molecule has 7 nitrogen and oxygen atoms in total. The second-order valence-corrected chi connectivity index (χ2v) is 8.79. The molecule has 0 heterocycles. The van der Waals surface area contributed by atoms with Crippen molar-refractivity contribution in [3.63, 3.8) is 0 Å². The molecule has 162 valence electrons. The van der Waals surface area contributed by atoms with Gasteiger partial charge in [0.25, 0.3) is 15.9 Å². The molecule has 8 heteroatoms. The molecule has 0 saturated carbocycles. The van der Waals surface area contributed by atoms with E-state index in [0.717, 1.165) is 5.56 Å². The number of carbonyl (C=O) groups excluding carboxylic acids is 1. The molecule has 31 heavy (non-hydrogen) atoms. The number of nitrogens with one attached hydrogen (secondary N) is 1. The van der Waals surface area contributed by atoms with Crippen LogP contribution in [-0.4, -0.2) is 35.1 Å². The molecule has 0 spiro atoms. The fourth-order valence-electron chi connectivity index (χ4n) is 2.88. The highest BCUT2D eigenvalue weighted by atomic mass is 32.2. The standard InChI is InChI=1S/C23H24N2O5S/c1-17-9-14-21(22(15-17)29-3)30-16-23(26)24-18-10-12-20(13-11-18)31(27,28)25(2)19-7-5-4-6-8-19/h4-15H,16H2,1-3H3,(H,24,26). The highest BCUT2D eigenvalue weighted by molar-refractivity contribution is 7.92. The Morgan fingerprint density at radius 2 is 1.65 bits per heavy atom. The number of amides is 1. The Labute approximate surface area is 182 Å². The Hall–Kier alpha value is -3.52. The lowest BCUT2D eigenvalue weighted by atomic mass is 10.2. The van der Waals surface area contributed by atoms with Crippen LogP contribution in [0.4, 0.5) is 11.4 Å². The summed E-state index contributed by atoms with van der Waals surface area (Å²) in [5, 5.41) is 2.69. The van der Waals surface area contributed by atoms with Crippen molar-refractivity contribution in [1.29, 1.82) is 0 Å². The molecule has 0 aliphatic heterocycles. The van der Waals surface area contributed by atoms with Gasteiger partial charge >= 0.3 is 0 Å². The third-order valence-electron chi connectivity index (χ3n) is 4.59. The lowest BCUT2D eigenvalue weighted by Crippen LogP contribution is -2.26. The van der Waals surface area contributed by atoms with Crippen LogP contribution in [-0.2, 0) is 14.8 Å². The van der Waals surface area contributed by atoms with E-state index in [9.17, 15) is 13.2 Å². The van der Waals surface area contributed by atoms with E-state index >= 15 is 0 Å². The van der Waals surface area contributed by atoms with Crippen LogP contribution < -0.4 is 19.1 Å². The minimum atomic E-state index is -3.71. The third-order valence-corrected chi connectivity index (χ3v) is 6.39. The maximum absolute atomic E-state index is 12.8. The molecule has 0 aromatic heterocycles. The maximum atomic E-state index is 12.8. The van der Waals surface area contributed by atoms with E-state index in [2.05, 4.69) is 5.32 Å². The lowest BCUT2D eigenvalue weighted by Gasteiger charge is -2.19. The first-order valence-corrected chi connectivity index (χ1v) is 11.0. The van der Waals surface area contributed by atoms with E-state index in [1.165, 1.54) is 42.7 Å². The molecule has 0 bridgehead atoms. The first-order chi connectivity index (χ1) is 14.8. The molecular formula is C23H24N2O5S. The Morgan fingerprint density at radius 3 is 2.29 bits per heavy atom. The molecule has 0 aliphatic carbocycles. The topological polar surface area (TPSA) is 84.9 Å². The number of para-hydroxylation sites is 1. The van der Waals surface area contributed by atoms with Crippen molar-refractivity contribution in [2.75, 3.05) is 30.4 Å². The molecule has 3 rings (SSSR count). The van der Waals surface area contributed by atoms with Gasteiger partial charge in [0.05, 0.1) is 17.7 Å². The van der Waals surface area contributed by atoms with Gasteiger partial charge in [-0.2, -0.15) is 0 Å². The summed E-state index contributed by atoms with van der Waals surface area (Å²) >= 11 is 0. The number of sulfonamides is 1. The number of hydrogen-bond acceptors (Lipinski definition) is 5. The van der Waals surface area contributed by atoms with E-state index < -0.39 is 10.0 Å². The van der Waals surface area contributed by atoms with E-state index in [4.69, 9.17) is 9.47 Å². The van der Waals surface area contributed by atoms with Gasteiger partial charge in [-0.15, -0.1) is 0 Å².